The highest BCUT2D eigenvalue weighted by molar-refractivity contribution is 6.30. The van der Waals surface area contributed by atoms with Gasteiger partial charge in [0.25, 0.3) is 0 Å². The number of benzene rings is 2. The molecule has 0 aliphatic carbocycles. The maximum atomic E-state index is 12.6. The quantitative estimate of drug-likeness (QED) is 0.660. The van der Waals surface area contributed by atoms with Crippen molar-refractivity contribution in [2.75, 3.05) is 10.6 Å². The Kier molecular flexibility index (Phi) is 5.22. The molecule has 3 rings (SSSR count). The Hall–Kier alpha value is -2.87. The highest BCUT2D eigenvalue weighted by Gasteiger charge is 2.29. The molecule has 0 amide bonds. The lowest BCUT2D eigenvalue weighted by Crippen LogP contribution is -2.06. The van der Waals surface area contributed by atoms with Gasteiger partial charge >= 0.3 is 6.18 Å². The Balaban J connectivity index is 1.64. The van der Waals surface area contributed by atoms with Crippen LogP contribution in [0.2, 0.25) is 5.02 Å². The summed E-state index contributed by atoms with van der Waals surface area (Å²) in [7, 11) is 0. The van der Waals surface area contributed by atoms with Crippen molar-refractivity contribution in [1.82, 2.24) is 15.2 Å². The van der Waals surface area contributed by atoms with Crippen LogP contribution in [0.1, 0.15) is 11.1 Å². The molecule has 26 heavy (non-hydrogen) atoms. The molecular weight excluding hydrogens is 367 g/mol. The first-order chi connectivity index (χ1) is 12.4. The number of halogens is 4. The van der Waals surface area contributed by atoms with Gasteiger partial charge in [-0.2, -0.15) is 23.3 Å². The third-order valence-corrected chi connectivity index (χ3v) is 3.67. The van der Waals surface area contributed by atoms with Crippen LogP contribution in [0.25, 0.3) is 0 Å². The van der Waals surface area contributed by atoms with Crippen molar-refractivity contribution >= 4 is 29.1 Å². The van der Waals surface area contributed by atoms with E-state index in [1.165, 1.54) is 18.3 Å². The van der Waals surface area contributed by atoms with Crippen LogP contribution in [0.15, 0.2) is 54.7 Å². The van der Waals surface area contributed by atoms with Crippen LogP contribution in [0.3, 0.4) is 0 Å². The third-order valence-electron chi connectivity index (χ3n) is 3.41. The molecule has 134 valence electrons. The minimum Gasteiger partial charge on any atom is -0.365 e. The molecule has 2 aromatic carbocycles. The molecule has 0 unspecified atom stereocenters. The maximum absolute atomic E-state index is 12.6. The third kappa shape index (κ3) is 4.82. The standard InChI is InChI=1S/C17H13ClF3N5/c18-13-5-1-11(2-6-13)9-22-15-10-23-26-16(25-15)24-14-7-3-12(4-8-14)17(19,20)21/h1-8,10H,9H2,(H2,22,24,25,26). The zero-order valence-corrected chi connectivity index (χ0v) is 14.0. The summed E-state index contributed by atoms with van der Waals surface area (Å²) in [5.41, 5.74) is 0.709. The number of alkyl halides is 3. The molecule has 5 nitrogen and oxygen atoms in total. The van der Waals surface area contributed by atoms with Crippen molar-refractivity contribution in [3.8, 4) is 0 Å². The van der Waals surface area contributed by atoms with Crippen LogP contribution in [-0.4, -0.2) is 15.2 Å². The summed E-state index contributed by atoms with van der Waals surface area (Å²) in [6, 6.07) is 11.9. The molecule has 2 N–H and O–H groups in total. The molecule has 9 heteroatoms. The van der Waals surface area contributed by atoms with Gasteiger partial charge in [0.05, 0.1) is 11.8 Å². The molecule has 3 aromatic rings. The molecule has 0 spiro atoms. The Morgan fingerprint density at radius 3 is 2.31 bits per heavy atom. The highest BCUT2D eigenvalue weighted by Crippen LogP contribution is 2.30. The Morgan fingerprint density at radius 1 is 0.962 bits per heavy atom. The van der Waals surface area contributed by atoms with E-state index in [2.05, 4.69) is 25.8 Å². The van der Waals surface area contributed by atoms with Gasteiger partial charge in [0.1, 0.15) is 0 Å². The van der Waals surface area contributed by atoms with E-state index in [9.17, 15) is 13.2 Å². The monoisotopic (exact) mass is 379 g/mol. The molecule has 0 aliphatic heterocycles. The summed E-state index contributed by atoms with van der Waals surface area (Å²) in [5.74, 6) is 0.648. The first-order valence-corrected chi connectivity index (χ1v) is 7.90. The van der Waals surface area contributed by atoms with E-state index in [1.54, 1.807) is 12.1 Å². The van der Waals surface area contributed by atoms with Crippen molar-refractivity contribution in [2.45, 2.75) is 12.7 Å². The second-order valence-corrected chi connectivity index (χ2v) is 5.78. The van der Waals surface area contributed by atoms with E-state index in [1.807, 2.05) is 12.1 Å². The van der Waals surface area contributed by atoms with Gasteiger partial charge in [0, 0.05) is 17.3 Å². The highest BCUT2D eigenvalue weighted by atomic mass is 35.5. The summed E-state index contributed by atoms with van der Waals surface area (Å²) in [6.45, 7) is 0.510. The minimum atomic E-state index is -4.37. The molecule has 0 atom stereocenters. The van der Waals surface area contributed by atoms with E-state index in [0.717, 1.165) is 17.7 Å². The molecule has 0 saturated carbocycles. The van der Waals surface area contributed by atoms with Gasteiger partial charge in [0.2, 0.25) is 5.95 Å². The molecule has 0 fully saturated rings. The summed E-state index contributed by atoms with van der Waals surface area (Å²) >= 11 is 5.84. The summed E-state index contributed by atoms with van der Waals surface area (Å²) in [5, 5.41) is 14.2. The van der Waals surface area contributed by atoms with Gasteiger partial charge in [0.15, 0.2) is 5.82 Å². The van der Waals surface area contributed by atoms with Crippen LogP contribution in [0, 0.1) is 0 Å². The van der Waals surface area contributed by atoms with Gasteiger partial charge in [-0.05, 0) is 42.0 Å². The van der Waals surface area contributed by atoms with E-state index >= 15 is 0 Å². The number of nitrogens with one attached hydrogen (secondary N) is 2. The second kappa shape index (κ2) is 7.57. The number of hydrogen-bond acceptors (Lipinski definition) is 5. The fraction of sp³-hybridized carbons (Fsp3) is 0.118. The van der Waals surface area contributed by atoms with Crippen LogP contribution >= 0.6 is 11.6 Å². The molecule has 0 bridgehead atoms. The summed E-state index contributed by atoms with van der Waals surface area (Å²) in [6.07, 6.45) is -2.92. The lowest BCUT2D eigenvalue weighted by Gasteiger charge is -2.09. The predicted octanol–water partition coefficient (Wildman–Crippen LogP) is 4.90. The summed E-state index contributed by atoms with van der Waals surface area (Å²) < 4.78 is 37.7. The lowest BCUT2D eigenvalue weighted by molar-refractivity contribution is -0.137. The van der Waals surface area contributed by atoms with Crippen LogP contribution in [-0.2, 0) is 12.7 Å². The van der Waals surface area contributed by atoms with Crippen molar-refractivity contribution in [3.63, 3.8) is 0 Å². The number of aromatic nitrogens is 3. The van der Waals surface area contributed by atoms with Crippen LogP contribution in [0.5, 0.6) is 0 Å². The number of nitrogens with zero attached hydrogens (tertiary/aromatic N) is 3. The predicted molar refractivity (Wildman–Crippen MR) is 93.3 cm³/mol. The fourth-order valence-corrected chi connectivity index (χ4v) is 2.23. The zero-order chi connectivity index (χ0) is 18.6. The van der Waals surface area contributed by atoms with Crippen LogP contribution < -0.4 is 10.6 Å². The normalized spacial score (nSPS) is 11.2. The molecular formula is C17H13ClF3N5. The van der Waals surface area contributed by atoms with E-state index in [4.69, 9.17) is 11.6 Å². The fourth-order valence-electron chi connectivity index (χ4n) is 2.11. The summed E-state index contributed by atoms with van der Waals surface area (Å²) in [4.78, 5) is 4.23. The van der Waals surface area contributed by atoms with Crippen molar-refractivity contribution in [2.24, 2.45) is 0 Å². The Morgan fingerprint density at radius 2 is 1.65 bits per heavy atom. The van der Waals surface area contributed by atoms with Crippen LogP contribution in [0.4, 0.5) is 30.6 Å². The lowest BCUT2D eigenvalue weighted by atomic mass is 10.2. The van der Waals surface area contributed by atoms with Gasteiger partial charge in [-0.3, -0.25) is 0 Å². The maximum Gasteiger partial charge on any atom is 0.416 e. The topological polar surface area (TPSA) is 62.7 Å². The van der Waals surface area contributed by atoms with E-state index in [-0.39, 0.29) is 5.95 Å². The van der Waals surface area contributed by atoms with E-state index in [0.29, 0.717) is 23.1 Å². The van der Waals surface area contributed by atoms with Gasteiger partial charge in [-0.15, -0.1) is 5.10 Å². The molecule has 1 heterocycles. The van der Waals surface area contributed by atoms with Gasteiger partial charge < -0.3 is 10.6 Å². The van der Waals surface area contributed by atoms with Crippen molar-refractivity contribution < 1.29 is 13.2 Å². The molecule has 0 saturated heterocycles. The average molecular weight is 380 g/mol. The second-order valence-electron chi connectivity index (χ2n) is 5.35. The van der Waals surface area contributed by atoms with Gasteiger partial charge in [-0.25, -0.2) is 0 Å². The number of hydrogen-bond donors (Lipinski definition) is 2. The molecule has 0 aliphatic rings. The van der Waals surface area contributed by atoms with Crippen molar-refractivity contribution in [1.29, 1.82) is 0 Å². The SMILES string of the molecule is FC(F)(F)c1ccc(Nc2nncc(NCc3ccc(Cl)cc3)n2)cc1. The molecule has 1 aromatic heterocycles. The van der Waals surface area contributed by atoms with Gasteiger partial charge in [-0.1, -0.05) is 23.7 Å². The first-order valence-electron chi connectivity index (χ1n) is 7.52. The first kappa shape index (κ1) is 17.9. The molecule has 0 radical (unpaired) electrons. The minimum absolute atomic E-state index is 0.172. The zero-order valence-electron chi connectivity index (χ0n) is 13.3. The van der Waals surface area contributed by atoms with E-state index < -0.39 is 11.7 Å². The largest absolute Gasteiger partial charge is 0.416 e. The Bertz CT molecular complexity index is 867. The van der Waals surface area contributed by atoms with Crippen molar-refractivity contribution in [3.05, 3.63) is 70.9 Å². The smallest absolute Gasteiger partial charge is 0.365 e. The Labute approximate surface area is 152 Å². The number of anilines is 3. The average Bonchev–Trinajstić information content (AvgIpc) is 2.61. The number of rotatable bonds is 5.